The molecule has 1 aliphatic carbocycles. The lowest BCUT2D eigenvalue weighted by molar-refractivity contribution is -0.131. The summed E-state index contributed by atoms with van der Waals surface area (Å²) < 4.78 is 0. The van der Waals surface area contributed by atoms with Crippen molar-refractivity contribution in [3.8, 4) is 0 Å². The van der Waals surface area contributed by atoms with E-state index in [1.54, 1.807) is 11.0 Å². The molecule has 1 aromatic carbocycles. The van der Waals surface area contributed by atoms with Crippen molar-refractivity contribution in [3.63, 3.8) is 0 Å². The van der Waals surface area contributed by atoms with Crippen LogP contribution in [0.1, 0.15) is 32.6 Å². The van der Waals surface area contributed by atoms with Crippen LogP contribution in [-0.2, 0) is 9.59 Å². The first kappa shape index (κ1) is 21.7. The third kappa shape index (κ3) is 6.51. The van der Waals surface area contributed by atoms with Gasteiger partial charge in [0.25, 0.3) is 0 Å². The summed E-state index contributed by atoms with van der Waals surface area (Å²) >= 11 is 12.2. The highest BCUT2D eigenvalue weighted by Crippen LogP contribution is 2.32. The Bertz CT molecular complexity index is 765. The number of hydrogen-bond donors (Lipinski definition) is 2. The van der Waals surface area contributed by atoms with Gasteiger partial charge in [0.05, 0.1) is 0 Å². The zero-order valence-electron chi connectivity index (χ0n) is 16.4. The molecule has 29 heavy (non-hydrogen) atoms. The van der Waals surface area contributed by atoms with E-state index >= 15 is 0 Å². The third-order valence-corrected chi connectivity index (χ3v) is 5.64. The fourth-order valence-electron chi connectivity index (χ4n) is 3.52. The Balaban J connectivity index is 1.40. The molecule has 1 heterocycles. The number of halogens is 2. The van der Waals surface area contributed by atoms with Crippen molar-refractivity contribution >= 4 is 46.7 Å². The van der Waals surface area contributed by atoms with E-state index in [1.807, 2.05) is 19.1 Å². The summed E-state index contributed by atoms with van der Waals surface area (Å²) in [5, 5.41) is 6.04. The van der Waals surface area contributed by atoms with Crippen LogP contribution in [0.15, 0.2) is 18.2 Å². The summed E-state index contributed by atoms with van der Waals surface area (Å²) in [5.74, 6) is 0.139. The van der Waals surface area contributed by atoms with Crippen LogP contribution in [0.2, 0.25) is 10.0 Å². The molecule has 0 spiro atoms. The molecule has 4 amide bonds. The van der Waals surface area contributed by atoms with Gasteiger partial charge in [0.15, 0.2) is 0 Å². The van der Waals surface area contributed by atoms with Gasteiger partial charge >= 0.3 is 6.03 Å². The van der Waals surface area contributed by atoms with E-state index in [9.17, 15) is 14.4 Å². The highest BCUT2D eigenvalue weighted by Gasteiger charge is 2.27. The number of imide groups is 1. The Morgan fingerprint density at radius 3 is 2.41 bits per heavy atom. The monoisotopic (exact) mass is 440 g/mol. The number of amides is 4. The summed E-state index contributed by atoms with van der Waals surface area (Å²) in [5.41, 5.74) is 0.941. The molecule has 9 heteroatoms. The summed E-state index contributed by atoms with van der Waals surface area (Å²) in [6.45, 7) is 4.08. The second kappa shape index (κ2) is 9.67. The standard InChI is InChI=1S/C20H26Cl2N4O3/c1-13-12-25(6-7-26(13)17-10-15(21)9-16(22)11-17)19(28)4-5-23-20(29)24-18(27)8-14-2-3-14/h9-11,13-14H,2-8,12H2,1H3,(H2,23,24,27,29)/t13-/m0/s1. The van der Waals surface area contributed by atoms with Crippen molar-refractivity contribution in [1.82, 2.24) is 15.5 Å². The van der Waals surface area contributed by atoms with Crippen LogP contribution in [0.25, 0.3) is 0 Å². The van der Waals surface area contributed by atoms with E-state index in [1.165, 1.54) is 0 Å². The summed E-state index contributed by atoms with van der Waals surface area (Å²) in [6, 6.07) is 5.00. The van der Waals surface area contributed by atoms with Gasteiger partial charge in [0.1, 0.15) is 0 Å². The molecular weight excluding hydrogens is 415 g/mol. The molecule has 1 saturated carbocycles. The van der Waals surface area contributed by atoms with Crippen molar-refractivity contribution in [2.24, 2.45) is 5.92 Å². The molecule has 1 saturated heterocycles. The molecule has 1 aromatic rings. The maximum Gasteiger partial charge on any atom is 0.321 e. The Hall–Kier alpha value is -1.99. The van der Waals surface area contributed by atoms with Crippen LogP contribution in [0.4, 0.5) is 10.5 Å². The molecule has 3 rings (SSSR count). The molecule has 0 bridgehead atoms. The molecule has 7 nitrogen and oxygen atoms in total. The van der Waals surface area contributed by atoms with E-state index in [4.69, 9.17) is 23.2 Å². The zero-order valence-corrected chi connectivity index (χ0v) is 17.9. The van der Waals surface area contributed by atoms with Crippen molar-refractivity contribution < 1.29 is 14.4 Å². The largest absolute Gasteiger partial charge is 0.365 e. The first-order valence-electron chi connectivity index (χ1n) is 9.90. The Morgan fingerprint density at radius 2 is 1.79 bits per heavy atom. The van der Waals surface area contributed by atoms with Crippen molar-refractivity contribution in [2.45, 2.75) is 38.6 Å². The topological polar surface area (TPSA) is 81.8 Å². The average Bonchev–Trinajstić information content (AvgIpc) is 3.44. The highest BCUT2D eigenvalue weighted by atomic mass is 35.5. The van der Waals surface area contributed by atoms with Crippen LogP contribution < -0.4 is 15.5 Å². The number of benzene rings is 1. The molecule has 0 unspecified atom stereocenters. The maximum atomic E-state index is 12.5. The quantitative estimate of drug-likeness (QED) is 0.711. The Kier molecular flexibility index (Phi) is 7.24. The first-order valence-corrected chi connectivity index (χ1v) is 10.7. The first-order chi connectivity index (χ1) is 13.8. The minimum atomic E-state index is -0.542. The number of urea groups is 1. The fourth-order valence-corrected chi connectivity index (χ4v) is 4.03. The van der Waals surface area contributed by atoms with E-state index < -0.39 is 6.03 Å². The van der Waals surface area contributed by atoms with Gasteiger partial charge in [-0.05, 0) is 43.9 Å². The van der Waals surface area contributed by atoms with Gasteiger partial charge in [-0.3, -0.25) is 14.9 Å². The number of hydrogen-bond acceptors (Lipinski definition) is 4. The number of rotatable bonds is 6. The number of nitrogens with one attached hydrogen (secondary N) is 2. The molecule has 0 aromatic heterocycles. The fraction of sp³-hybridized carbons (Fsp3) is 0.550. The number of nitrogens with zero attached hydrogens (tertiary/aromatic N) is 2. The predicted molar refractivity (Wildman–Crippen MR) is 113 cm³/mol. The minimum Gasteiger partial charge on any atom is -0.365 e. The molecular formula is C20H26Cl2N4O3. The lowest BCUT2D eigenvalue weighted by Gasteiger charge is -2.41. The molecule has 158 valence electrons. The molecule has 1 atom stereocenters. The lowest BCUT2D eigenvalue weighted by Crippen LogP contribution is -2.54. The van der Waals surface area contributed by atoms with E-state index in [-0.39, 0.29) is 30.8 Å². The van der Waals surface area contributed by atoms with Gasteiger partial charge in [-0.25, -0.2) is 4.79 Å². The van der Waals surface area contributed by atoms with E-state index in [2.05, 4.69) is 15.5 Å². The van der Waals surface area contributed by atoms with Crippen molar-refractivity contribution in [2.75, 3.05) is 31.1 Å². The van der Waals surface area contributed by atoms with Crippen LogP contribution in [0, 0.1) is 5.92 Å². The van der Waals surface area contributed by atoms with Crippen LogP contribution in [0.5, 0.6) is 0 Å². The summed E-state index contributed by atoms with van der Waals surface area (Å²) in [4.78, 5) is 39.8. The maximum absolute atomic E-state index is 12.5. The third-order valence-electron chi connectivity index (χ3n) is 5.21. The van der Waals surface area contributed by atoms with E-state index in [0.29, 0.717) is 42.0 Å². The number of carbonyl (C=O) groups is 3. The lowest BCUT2D eigenvalue weighted by atomic mass is 10.1. The molecule has 2 fully saturated rings. The van der Waals surface area contributed by atoms with Crippen molar-refractivity contribution in [3.05, 3.63) is 28.2 Å². The number of anilines is 1. The highest BCUT2D eigenvalue weighted by molar-refractivity contribution is 6.35. The summed E-state index contributed by atoms with van der Waals surface area (Å²) in [7, 11) is 0. The van der Waals surface area contributed by atoms with Crippen LogP contribution in [0.3, 0.4) is 0 Å². The number of piperazine rings is 1. The number of carbonyl (C=O) groups excluding carboxylic acids is 3. The van der Waals surface area contributed by atoms with Gasteiger partial charge in [0.2, 0.25) is 11.8 Å². The van der Waals surface area contributed by atoms with Crippen molar-refractivity contribution in [1.29, 1.82) is 0 Å². The molecule has 1 aliphatic heterocycles. The van der Waals surface area contributed by atoms with Gasteiger partial charge in [0, 0.05) is 60.8 Å². The van der Waals surface area contributed by atoms with Gasteiger partial charge in [-0.2, -0.15) is 0 Å². The smallest absolute Gasteiger partial charge is 0.321 e. The normalized spacial score (nSPS) is 19.1. The molecule has 2 aliphatic rings. The van der Waals surface area contributed by atoms with Gasteiger partial charge in [-0.1, -0.05) is 23.2 Å². The zero-order chi connectivity index (χ0) is 21.0. The predicted octanol–water partition coefficient (Wildman–Crippen LogP) is 3.05. The Morgan fingerprint density at radius 1 is 1.10 bits per heavy atom. The molecule has 2 N–H and O–H groups in total. The SMILES string of the molecule is C[C@H]1CN(C(=O)CCNC(=O)NC(=O)CC2CC2)CCN1c1cc(Cl)cc(Cl)c1. The Labute approximate surface area is 180 Å². The van der Waals surface area contributed by atoms with Gasteiger partial charge in [-0.15, -0.1) is 0 Å². The summed E-state index contributed by atoms with van der Waals surface area (Å²) in [6.07, 6.45) is 2.70. The van der Waals surface area contributed by atoms with Crippen LogP contribution >= 0.6 is 23.2 Å². The minimum absolute atomic E-state index is 0.0229. The van der Waals surface area contributed by atoms with Crippen LogP contribution in [-0.4, -0.2) is 55.0 Å². The average molecular weight is 441 g/mol. The van der Waals surface area contributed by atoms with Gasteiger partial charge < -0.3 is 15.1 Å². The van der Waals surface area contributed by atoms with E-state index in [0.717, 1.165) is 18.5 Å². The second-order valence-corrected chi connectivity index (χ2v) is 8.58. The second-order valence-electron chi connectivity index (χ2n) is 7.71. The molecule has 0 radical (unpaired) electrons.